The Morgan fingerprint density at radius 2 is 2.05 bits per heavy atom. The molecule has 0 unspecified atom stereocenters. The number of nitrogens with one attached hydrogen (secondary N) is 2. The topological polar surface area (TPSA) is 84.3 Å². The van der Waals surface area contributed by atoms with E-state index in [0.717, 1.165) is 25.7 Å². The second-order valence-corrected chi connectivity index (χ2v) is 4.66. The van der Waals surface area contributed by atoms with Crippen LogP contribution in [0.2, 0.25) is 0 Å². The number of benzene rings is 1. The Labute approximate surface area is 111 Å². The zero-order chi connectivity index (χ0) is 13.8. The van der Waals surface area contributed by atoms with Gasteiger partial charge >= 0.3 is 5.69 Å². The molecule has 1 aromatic rings. The summed E-state index contributed by atoms with van der Waals surface area (Å²) in [4.78, 5) is 22.8. The van der Waals surface area contributed by atoms with Crippen molar-refractivity contribution in [2.45, 2.75) is 31.7 Å². The van der Waals surface area contributed by atoms with Crippen LogP contribution >= 0.6 is 0 Å². The highest BCUT2D eigenvalue weighted by Crippen LogP contribution is 2.28. The summed E-state index contributed by atoms with van der Waals surface area (Å²) in [5.74, 6) is -0.365. The first kappa shape index (κ1) is 13.3. The molecule has 6 nitrogen and oxygen atoms in total. The van der Waals surface area contributed by atoms with E-state index in [-0.39, 0.29) is 23.2 Å². The summed E-state index contributed by atoms with van der Waals surface area (Å²) in [6, 6.07) is 4.86. The molecule has 1 aliphatic rings. The van der Waals surface area contributed by atoms with Gasteiger partial charge in [-0.05, 0) is 25.0 Å². The fourth-order valence-electron chi connectivity index (χ4n) is 2.46. The van der Waals surface area contributed by atoms with Crippen LogP contribution in [0.25, 0.3) is 0 Å². The molecule has 0 heterocycles. The van der Waals surface area contributed by atoms with E-state index in [1.165, 1.54) is 6.07 Å². The van der Waals surface area contributed by atoms with Crippen LogP contribution in [0.5, 0.6) is 0 Å². The number of hydrogen-bond donors (Lipinski definition) is 2. The third-order valence-corrected chi connectivity index (χ3v) is 3.42. The zero-order valence-electron chi connectivity index (χ0n) is 10.8. The summed E-state index contributed by atoms with van der Waals surface area (Å²) in [7, 11) is 1.60. The van der Waals surface area contributed by atoms with Gasteiger partial charge in [-0.3, -0.25) is 14.9 Å². The average Bonchev–Trinajstić information content (AvgIpc) is 2.90. The van der Waals surface area contributed by atoms with E-state index >= 15 is 0 Å². The minimum absolute atomic E-state index is 0.115. The van der Waals surface area contributed by atoms with Crippen molar-refractivity contribution in [3.05, 3.63) is 33.9 Å². The Bertz CT molecular complexity index is 496. The first-order chi connectivity index (χ1) is 9.13. The van der Waals surface area contributed by atoms with Crippen molar-refractivity contribution >= 4 is 17.3 Å². The molecule has 0 spiro atoms. The van der Waals surface area contributed by atoms with Crippen LogP contribution in [0.4, 0.5) is 11.4 Å². The highest BCUT2D eigenvalue weighted by molar-refractivity contribution is 6.00. The maximum Gasteiger partial charge on any atom is 0.305 e. The van der Waals surface area contributed by atoms with Gasteiger partial charge in [-0.25, -0.2) is 0 Å². The van der Waals surface area contributed by atoms with E-state index < -0.39 is 4.92 Å². The molecular weight excluding hydrogens is 246 g/mol. The fourth-order valence-corrected chi connectivity index (χ4v) is 2.46. The first-order valence-corrected chi connectivity index (χ1v) is 6.39. The lowest BCUT2D eigenvalue weighted by Crippen LogP contribution is -2.33. The van der Waals surface area contributed by atoms with Crippen molar-refractivity contribution in [3.63, 3.8) is 0 Å². The van der Waals surface area contributed by atoms with Crippen LogP contribution < -0.4 is 10.6 Å². The standard InChI is InChI=1S/C13H17N3O3/c1-14-11-8-4-7-10(12(11)16(18)19)13(17)15-9-5-2-3-6-9/h4,7-9,14H,2-3,5-6H2,1H3,(H,15,17). The summed E-state index contributed by atoms with van der Waals surface area (Å²) in [6.07, 6.45) is 4.10. The zero-order valence-corrected chi connectivity index (χ0v) is 10.8. The van der Waals surface area contributed by atoms with Crippen molar-refractivity contribution in [1.29, 1.82) is 0 Å². The number of carbonyl (C=O) groups is 1. The lowest BCUT2D eigenvalue weighted by molar-refractivity contribution is -0.384. The number of nitrogens with zero attached hydrogens (tertiary/aromatic N) is 1. The van der Waals surface area contributed by atoms with Crippen LogP contribution in [-0.4, -0.2) is 23.9 Å². The molecule has 0 atom stereocenters. The van der Waals surface area contributed by atoms with Gasteiger partial charge in [0.15, 0.2) is 0 Å². The van der Waals surface area contributed by atoms with Crippen LogP contribution in [-0.2, 0) is 0 Å². The Balaban J connectivity index is 2.27. The van der Waals surface area contributed by atoms with Gasteiger partial charge in [-0.2, -0.15) is 0 Å². The number of nitro benzene ring substituents is 1. The third-order valence-electron chi connectivity index (χ3n) is 3.42. The Hall–Kier alpha value is -2.11. The van der Waals surface area contributed by atoms with Gasteiger partial charge in [-0.15, -0.1) is 0 Å². The van der Waals surface area contributed by atoms with E-state index in [2.05, 4.69) is 10.6 Å². The van der Waals surface area contributed by atoms with Gasteiger partial charge < -0.3 is 10.6 Å². The Kier molecular flexibility index (Phi) is 3.99. The van der Waals surface area contributed by atoms with Gasteiger partial charge in [-0.1, -0.05) is 18.9 Å². The van der Waals surface area contributed by atoms with Crippen LogP contribution in [0.1, 0.15) is 36.0 Å². The average molecular weight is 263 g/mol. The molecule has 102 valence electrons. The first-order valence-electron chi connectivity index (χ1n) is 6.39. The van der Waals surface area contributed by atoms with Gasteiger partial charge in [0.25, 0.3) is 5.91 Å². The van der Waals surface area contributed by atoms with E-state index in [0.29, 0.717) is 5.69 Å². The number of carbonyl (C=O) groups excluding carboxylic acids is 1. The fraction of sp³-hybridized carbons (Fsp3) is 0.462. The van der Waals surface area contributed by atoms with Crippen molar-refractivity contribution in [2.75, 3.05) is 12.4 Å². The third kappa shape index (κ3) is 2.83. The summed E-state index contributed by atoms with van der Waals surface area (Å²) < 4.78 is 0. The smallest absolute Gasteiger partial charge is 0.305 e. The molecule has 0 saturated heterocycles. The number of hydrogen-bond acceptors (Lipinski definition) is 4. The van der Waals surface area contributed by atoms with Gasteiger partial charge in [0.1, 0.15) is 11.3 Å². The summed E-state index contributed by atoms with van der Waals surface area (Å²) in [5.41, 5.74) is 0.299. The lowest BCUT2D eigenvalue weighted by atomic mass is 10.1. The molecule has 1 aliphatic carbocycles. The molecule has 0 radical (unpaired) electrons. The molecule has 2 N–H and O–H groups in total. The highest BCUT2D eigenvalue weighted by Gasteiger charge is 2.26. The monoisotopic (exact) mass is 263 g/mol. The number of para-hydroxylation sites is 1. The molecule has 1 amide bonds. The molecule has 1 fully saturated rings. The van der Waals surface area contributed by atoms with Crippen molar-refractivity contribution < 1.29 is 9.72 Å². The van der Waals surface area contributed by atoms with E-state index in [1.807, 2.05) is 0 Å². The Morgan fingerprint density at radius 1 is 1.37 bits per heavy atom. The minimum atomic E-state index is -0.518. The molecule has 0 aromatic heterocycles. The summed E-state index contributed by atoms with van der Waals surface area (Å²) in [6.45, 7) is 0. The van der Waals surface area contributed by atoms with E-state index in [4.69, 9.17) is 0 Å². The number of amides is 1. The quantitative estimate of drug-likeness (QED) is 0.645. The van der Waals surface area contributed by atoms with E-state index in [9.17, 15) is 14.9 Å². The number of nitro groups is 1. The van der Waals surface area contributed by atoms with Crippen LogP contribution in [0, 0.1) is 10.1 Å². The molecule has 19 heavy (non-hydrogen) atoms. The lowest BCUT2D eigenvalue weighted by Gasteiger charge is -2.13. The maximum absolute atomic E-state index is 12.2. The molecule has 1 aromatic carbocycles. The number of anilines is 1. The molecule has 0 aliphatic heterocycles. The van der Waals surface area contributed by atoms with Gasteiger partial charge in [0, 0.05) is 13.1 Å². The minimum Gasteiger partial charge on any atom is -0.383 e. The number of rotatable bonds is 4. The molecular formula is C13H17N3O3. The van der Waals surface area contributed by atoms with Gasteiger partial charge in [0.2, 0.25) is 0 Å². The van der Waals surface area contributed by atoms with E-state index in [1.54, 1.807) is 19.2 Å². The normalized spacial score (nSPS) is 15.2. The molecule has 6 heteroatoms. The predicted octanol–water partition coefficient (Wildman–Crippen LogP) is 2.31. The summed E-state index contributed by atoms with van der Waals surface area (Å²) >= 11 is 0. The van der Waals surface area contributed by atoms with Gasteiger partial charge in [0.05, 0.1) is 4.92 Å². The van der Waals surface area contributed by atoms with Crippen LogP contribution in [0.15, 0.2) is 18.2 Å². The molecule has 2 rings (SSSR count). The highest BCUT2D eigenvalue weighted by atomic mass is 16.6. The Morgan fingerprint density at radius 3 is 2.63 bits per heavy atom. The second kappa shape index (κ2) is 5.69. The van der Waals surface area contributed by atoms with Crippen molar-refractivity contribution in [3.8, 4) is 0 Å². The SMILES string of the molecule is CNc1cccc(C(=O)NC2CCCC2)c1[N+](=O)[O-]. The molecule has 1 saturated carbocycles. The predicted molar refractivity (Wildman–Crippen MR) is 72.4 cm³/mol. The molecule has 0 bridgehead atoms. The maximum atomic E-state index is 12.2. The summed E-state index contributed by atoms with van der Waals surface area (Å²) in [5, 5.41) is 16.7. The second-order valence-electron chi connectivity index (χ2n) is 4.66. The largest absolute Gasteiger partial charge is 0.383 e. The van der Waals surface area contributed by atoms with Crippen LogP contribution in [0.3, 0.4) is 0 Å². The van der Waals surface area contributed by atoms with Crippen molar-refractivity contribution in [2.24, 2.45) is 0 Å². The van der Waals surface area contributed by atoms with Crippen molar-refractivity contribution in [1.82, 2.24) is 5.32 Å².